The number of aliphatic hydroxyl groups excluding tert-OH is 2. The van der Waals surface area contributed by atoms with E-state index in [0.29, 0.717) is 28.4 Å². The second-order valence-electron chi connectivity index (χ2n) is 8.09. The summed E-state index contributed by atoms with van der Waals surface area (Å²) in [5.41, 5.74) is 0.670. The topological polar surface area (TPSA) is 111 Å². The number of hydrogen-bond acceptors (Lipinski definition) is 7. The zero-order chi connectivity index (χ0) is 25.6. The van der Waals surface area contributed by atoms with E-state index in [1.54, 1.807) is 24.3 Å². The van der Waals surface area contributed by atoms with Crippen LogP contribution in [0, 0.1) is 17.5 Å². The highest BCUT2D eigenvalue weighted by Gasteiger charge is 2.49. The number of aliphatic hydroxyl groups is 2. The Morgan fingerprint density at radius 1 is 1.06 bits per heavy atom. The van der Waals surface area contributed by atoms with Gasteiger partial charge in [0.05, 0.1) is 24.7 Å². The minimum Gasteiger partial charge on any atom is -0.394 e. The van der Waals surface area contributed by atoms with E-state index < -0.39 is 54.7 Å². The van der Waals surface area contributed by atoms with Crippen molar-refractivity contribution in [1.29, 1.82) is 0 Å². The van der Waals surface area contributed by atoms with Gasteiger partial charge in [-0.2, -0.15) is 0 Å². The fourth-order valence-corrected chi connectivity index (χ4v) is 4.29. The van der Waals surface area contributed by atoms with Gasteiger partial charge >= 0.3 is 0 Å². The Bertz CT molecular complexity index is 1380. The van der Waals surface area contributed by atoms with E-state index in [4.69, 9.17) is 16.3 Å². The lowest BCUT2D eigenvalue weighted by Gasteiger charge is -2.41. The standard InChI is InChI=1S/C22H17ClF4N6O3/c23-12-3-1-2-10(4-12)16-7-28-30-33(16)22-19(27)20(21(35)17(9-34)36-22)32-8-15(29-31-32)11-5-13(24)18(26)14(25)6-11/h1-8,17,19-22,34-35H,9H2/t17-,19-,20-,21+,22-/m1/s1. The summed E-state index contributed by atoms with van der Waals surface area (Å²) in [5.74, 6) is -4.52. The first-order chi connectivity index (χ1) is 17.3. The summed E-state index contributed by atoms with van der Waals surface area (Å²) in [6, 6.07) is 6.64. The molecule has 0 aliphatic carbocycles. The predicted octanol–water partition coefficient (Wildman–Crippen LogP) is 3.10. The van der Waals surface area contributed by atoms with Crippen LogP contribution in [-0.4, -0.2) is 65.2 Å². The third-order valence-corrected chi connectivity index (χ3v) is 6.09. The van der Waals surface area contributed by atoms with Crippen LogP contribution >= 0.6 is 11.6 Å². The van der Waals surface area contributed by atoms with Crippen molar-refractivity contribution in [2.24, 2.45) is 0 Å². The van der Waals surface area contributed by atoms with Crippen LogP contribution in [0.5, 0.6) is 0 Å². The van der Waals surface area contributed by atoms with Gasteiger partial charge in [0.15, 0.2) is 29.9 Å². The van der Waals surface area contributed by atoms with E-state index in [0.717, 1.165) is 15.6 Å². The molecule has 0 radical (unpaired) electrons. The summed E-state index contributed by atoms with van der Waals surface area (Å²) in [4.78, 5) is 0. The Morgan fingerprint density at radius 3 is 2.50 bits per heavy atom. The molecule has 0 amide bonds. The molecule has 1 saturated heterocycles. The van der Waals surface area contributed by atoms with Crippen molar-refractivity contribution in [2.45, 2.75) is 30.6 Å². The summed E-state index contributed by atoms with van der Waals surface area (Å²) in [7, 11) is 0. The molecule has 0 saturated carbocycles. The van der Waals surface area contributed by atoms with Crippen LogP contribution in [0.1, 0.15) is 12.3 Å². The largest absolute Gasteiger partial charge is 0.394 e. The summed E-state index contributed by atoms with van der Waals surface area (Å²) < 4.78 is 64.4. The second kappa shape index (κ2) is 9.58. The molecule has 36 heavy (non-hydrogen) atoms. The molecule has 1 aliphatic rings. The van der Waals surface area contributed by atoms with Crippen molar-refractivity contribution in [2.75, 3.05) is 6.61 Å². The fourth-order valence-electron chi connectivity index (χ4n) is 4.10. The monoisotopic (exact) mass is 524 g/mol. The summed E-state index contributed by atoms with van der Waals surface area (Å²) in [6.07, 6.45) is -3.78. The third kappa shape index (κ3) is 4.23. The molecule has 4 aromatic rings. The molecule has 2 N–H and O–H groups in total. The van der Waals surface area contributed by atoms with Gasteiger partial charge in [-0.05, 0) is 24.3 Å². The Morgan fingerprint density at radius 2 is 1.81 bits per heavy atom. The minimum absolute atomic E-state index is 0.101. The Labute approximate surface area is 205 Å². The van der Waals surface area contributed by atoms with Crippen LogP contribution in [0.3, 0.4) is 0 Å². The molecule has 5 rings (SSSR count). The van der Waals surface area contributed by atoms with E-state index in [9.17, 15) is 23.4 Å². The lowest BCUT2D eigenvalue weighted by molar-refractivity contribution is -0.216. The average molecular weight is 525 g/mol. The average Bonchev–Trinajstić information content (AvgIpc) is 3.53. The van der Waals surface area contributed by atoms with Gasteiger partial charge in [0.1, 0.15) is 23.9 Å². The first-order valence-corrected chi connectivity index (χ1v) is 11.0. The second-order valence-corrected chi connectivity index (χ2v) is 8.52. The number of rotatable bonds is 5. The van der Waals surface area contributed by atoms with Crippen molar-refractivity contribution < 1.29 is 32.5 Å². The summed E-state index contributed by atoms with van der Waals surface area (Å²) >= 11 is 6.07. The lowest BCUT2D eigenvalue weighted by atomic mass is 9.96. The van der Waals surface area contributed by atoms with E-state index in [1.807, 2.05) is 0 Å². The molecule has 0 spiro atoms. The van der Waals surface area contributed by atoms with Gasteiger partial charge in [0, 0.05) is 16.1 Å². The molecule has 1 aliphatic heterocycles. The summed E-state index contributed by atoms with van der Waals surface area (Å²) in [6.45, 7) is -0.669. The third-order valence-electron chi connectivity index (χ3n) is 5.86. The molecular weight excluding hydrogens is 508 g/mol. The van der Waals surface area contributed by atoms with Crippen molar-refractivity contribution in [3.05, 3.63) is 71.3 Å². The smallest absolute Gasteiger partial charge is 0.194 e. The van der Waals surface area contributed by atoms with Crippen molar-refractivity contribution in [3.63, 3.8) is 0 Å². The molecule has 14 heteroatoms. The van der Waals surface area contributed by atoms with Crippen LogP contribution in [0.25, 0.3) is 22.5 Å². The molecule has 9 nitrogen and oxygen atoms in total. The van der Waals surface area contributed by atoms with Crippen molar-refractivity contribution >= 4 is 11.6 Å². The zero-order valence-corrected chi connectivity index (χ0v) is 18.8. The number of aromatic nitrogens is 6. The number of benzene rings is 2. The lowest BCUT2D eigenvalue weighted by Crippen LogP contribution is -2.52. The highest BCUT2D eigenvalue weighted by Crippen LogP contribution is 2.39. The maximum Gasteiger partial charge on any atom is 0.194 e. The SMILES string of the molecule is OC[C@H]1O[C@@H](n2nncc2-c2cccc(Cl)c2)[C@H](F)[C@@H](n2cc(-c3cc(F)c(F)c(F)c3)nn2)[C@H]1O. The van der Waals surface area contributed by atoms with E-state index in [-0.39, 0.29) is 11.3 Å². The molecule has 3 heterocycles. The number of alkyl halides is 1. The number of ether oxygens (including phenoxy) is 1. The molecule has 0 unspecified atom stereocenters. The summed E-state index contributed by atoms with van der Waals surface area (Å²) in [5, 5.41) is 36.3. The van der Waals surface area contributed by atoms with E-state index in [1.165, 1.54) is 6.20 Å². The highest BCUT2D eigenvalue weighted by atomic mass is 35.5. The molecule has 5 atom stereocenters. The number of halogens is 5. The first-order valence-electron chi connectivity index (χ1n) is 10.6. The quantitative estimate of drug-likeness (QED) is 0.305. The van der Waals surface area contributed by atoms with Crippen molar-refractivity contribution in [1.82, 2.24) is 30.0 Å². The van der Waals surface area contributed by atoms with Crippen LogP contribution in [0.15, 0.2) is 48.8 Å². The van der Waals surface area contributed by atoms with E-state index >= 15 is 4.39 Å². The first kappa shape index (κ1) is 24.3. The normalized spacial score (nSPS) is 24.2. The Balaban J connectivity index is 1.52. The zero-order valence-electron chi connectivity index (χ0n) is 18.1. The van der Waals surface area contributed by atoms with Gasteiger partial charge in [-0.1, -0.05) is 34.2 Å². The maximum absolute atomic E-state index is 15.9. The van der Waals surface area contributed by atoms with Gasteiger partial charge in [0.25, 0.3) is 0 Å². The molecule has 2 aromatic carbocycles. The van der Waals surface area contributed by atoms with Crippen LogP contribution in [-0.2, 0) is 4.74 Å². The number of nitrogens with zero attached hydrogens (tertiary/aromatic N) is 6. The van der Waals surface area contributed by atoms with Gasteiger partial charge < -0.3 is 14.9 Å². The molecule has 0 bridgehead atoms. The van der Waals surface area contributed by atoms with Gasteiger partial charge in [-0.25, -0.2) is 26.9 Å². The fraction of sp³-hybridized carbons (Fsp3) is 0.273. The number of hydrogen-bond donors (Lipinski definition) is 2. The maximum atomic E-state index is 15.9. The van der Waals surface area contributed by atoms with Crippen molar-refractivity contribution in [3.8, 4) is 22.5 Å². The van der Waals surface area contributed by atoms with Gasteiger partial charge in [-0.3, -0.25) is 0 Å². The predicted molar refractivity (Wildman–Crippen MR) is 117 cm³/mol. The van der Waals surface area contributed by atoms with E-state index in [2.05, 4.69) is 20.6 Å². The van der Waals surface area contributed by atoms with Crippen LogP contribution in [0.4, 0.5) is 17.6 Å². The minimum atomic E-state index is -2.00. The molecule has 1 fully saturated rings. The molecule has 2 aromatic heterocycles. The van der Waals surface area contributed by atoms with Crippen LogP contribution < -0.4 is 0 Å². The van der Waals surface area contributed by atoms with Gasteiger partial charge in [0.2, 0.25) is 0 Å². The molecule has 188 valence electrons. The highest BCUT2D eigenvalue weighted by molar-refractivity contribution is 6.30. The van der Waals surface area contributed by atoms with Gasteiger partial charge in [-0.15, -0.1) is 10.2 Å². The van der Waals surface area contributed by atoms with Crippen LogP contribution in [0.2, 0.25) is 5.02 Å². The molecular formula is C22H17ClF4N6O3. The Kier molecular flexibility index (Phi) is 6.47. The Hall–Kier alpha value is -3.39.